The van der Waals surface area contributed by atoms with Gasteiger partial charge in [0.15, 0.2) is 0 Å². The Morgan fingerprint density at radius 1 is 1.24 bits per heavy atom. The molecular weight excluding hydrogens is 433 g/mol. The van der Waals surface area contributed by atoms with Crippen molar-refractivity contribution >= 4 is 11.9 Å². The number of carbonyl (C=O) groups is 1. The van der Waals surface area contributed by atoms with Crippen LogP contribution in [0.2, 0.25) is 0 Å². The summed E-state index contributed by atoms with van der Waals surface area (Å²) < 4.78 is 19.6. The summed E-state index contributed by atoms with van der Waals surface area (Å²) in [6, 6.07) is 10.2. The molecule has 1 aromatic carbocycles. The van der Waals surface area contributed by atoms with E-state index in [9.17, 15) is 14.4 Å². The van der Waals surface area contributed by atoms with Crippen LogP contribution in [0.5, 0.6) is 0 Å². The van der Waals surface area contributed by atoms with Gasteiger partial charge in [0.25, 0.3) is 0 Å². The molecule has 1 aliphatic rings. The van der Waals surface area contributed by atoms with Crippen molar-refractivity contribution in [2.75, 3.05) is 24.6 Å². The molecule has 0 radical (unpaired) electrons. The van der Waals surface area contributed by atoms with E-state index in [2.05, 4.69) is 16.0 Å². The highest BCUT2D eigenvalue weighted by atomic mass is 19.1. The summed E-state index contributed by atoms with van der Waals surface area (Å²) in [4.78, 5) is 21.2. The van der Waals surface area contributed by atoms with Crippen LogP contribution in [-0.2, 0) is 4.74 Å². The highest BCUT2D eigenvalue weighted by Gasteiger charge is 2.36. The summed E-state index contributed by atoms with van der Waals surface area (Å²) in [5, 5.41) is 19.0. The molecule has 1 saturated heterocycles. The molecule has 2 heterocycles. The summed E-state index contributed by atoms with van der Waals surface area (Å²) in [5.41, 5.74) is 1.75. The number of aryl methyl sites for hydroxylation is 1. The third kappa shape index (κ3) is 5.12. The Morgan fingerprint density at radius 3 is 2.44 bits per heavy atom. The minimum atomic E-state index is -0.623. The lowest BCUT2D eigenvalue weighted by Crippen LogP contribution is -2.55. The number of anilines is 1. The highest BCUT2D eigenvalue weighted by Crippen LogP contribution is 2.34. The van der Waals surface area contributed by atoms with Crippen molar-refractivity contribution in [2.45, 2.75) is 59.0 Å². The van der Waals surface area contributed by atoms with E-state index in [4.69, 9.17) is 10.00 Å². The molecule has 1 amide bonds. The second-order valence-electron chi connectivity index (χ2n) is 9.39. The summed E-state index contributed by atoms with van der Waals surface area (Å²) in [6.45, 7) is 11.2. The van der Waals surface area contributed by atoms with Crippen molar-refractivity contribution in [1.29, 1.82) is 10.5 Å². The second-order valence-corrected chi connectivity index (χ2v) is 9.39. The number of hydrogen-bond donors (Lipinski definition) is 0. The Labute approximate surface area is 200 Å². The Kier molecular flexibility index (Phi) is 7.41. The average Bonchev–Trinajstić information content (AvgIpc) is 2.78. The first-order valence-electron chi connectivity index (χ1n) is 11.4. The first-order valence-corrected chi connectivity index (χ1v) is 11.4. The maximum atomic E-state index is 14.3. The van der Waals surface area contributed by atoms with Gasteiger partial charge in [-0.05, 0) is 71.2 Å². The van der Waals surface area contributed by atoms with E-state index in [1.807, 2.05) is 38.7 Å². The molecule has 0 N–H and O–H groups in total. The third-order valence-electron chi connectivity index (χ3n) is 5.96. The number of rotatable bonds is 4. The molecule has 2 aromatic rings. The van der Waals surface area contributed by atoms with Crippen molar-refractivity contribution in [3.05, 3.63) is 46.9 Å². The van der Waals surface area contributed by atoms with E-state index in [0.717, 1.165) is 0 Å². The maximum absolute atomic E-state index is 14.3. The number of benzene rings is 1. The Morgan fingerprint density at radius 2 is 1.91 bits per heavy atom. The molecule has 8 heteroatoms. The van der Waals surface area contributed by atoms with Crippen LogP contribution in [0.1, 0.15) is 57.4 Å². The maximum Gasteiger partial charge on any atom is 0.410 e. The first kappa shape index (κ1) is 25.0. The summed E-state index contributed by atoms with van der Waals surface area (Å²) in [7, 11) is 0. The number of carbonyl (C=O) groups excluding carboxylic acids is 1. The Bertz CT molecular complexity index is 1150. The van der Waals surface area contributed by atoms with Crippen molar-refractivity contribution in [2.24, 2.45) is 0 Å². The summed E-state index contributed by atoms with van der Waals surface area (Å²) >= 11 is 0. The van der Waals surface area contributed by atoms with Crippen LogP contribution in [-0.4, -0.2) is 47.3 Å². The molecule has 178 valence electrons. The number of amides is 1. The average molecular weight is 464 g/mol. The molecule has 7 nitrogen and oxygen atoms in total. The SMILES string of the molecule is CCOC(=O)N(C1CCN(c2nc(C)cc(-c3ccc(C#N)c(F)c3)c2C#N)CC1)C(C)(C)C. The number of nitrogens with zero attached hydrogens (tertiary/aromatic N) is 5. The van der Waals surface area contributed by atoms with Crippen LogP contribution < -0.4 is 4.90 Å². The largest absolute Gasteiger partial charge is 0.450 e. The topological polar surface area (TPSA) is 93.2 Å². The molecule has 1 fully saturated rings. The van der Waals surface area contributed by atoms with Crippen molar-refractivity contribution in [1.82, 2.24) is 9.88 Å². The van der Waals surface area contributed by atoms with Gasteiger partial charge >= 0.3 is 6.09 Å². The highest BCUT2D eigenvalue weighted by molar-refractivity contribution is 5.77. The Hall–Kier alpha value is -3.65. The van der Waals surface area contributed by atoms with Crippen LogP contribution in [0.25, 0.3) is 11.1 Å². The fraction of sp³-hybridized carbons (Fsp3) is 0.462. The zero-order valence-electron chi connectivity index (χ0n) is 20.4. The third-order valence-corrected chi connectivity index (χ3v) is 5.96. The molecule has 34 heavy (non-hydrogen) atoms. The van der Waals surface area contributed by atoms with Gasteiger partial charge in [0, 0.05) is 35.9 Å². The monoisotopic (exact) mass is 463 g/mol. The fourth-order valence-electron chi connectivity index (χ4n) is 4.50. The lowest BCUT2D eigenvalue weighted by atomic mass is 9.95. The van der Waals surface area contributed by atoms with Crippen molar-refractivity contribution in [3.8, 4) is 23.3 Å². The van der Waals surface area contributed by atoms with E-state index in [1.54, 1.807) is 19.1 Å². The second kappa shape index (κ2) is 10.1. The lowest BCUT2D eigenvalue weighted by molar-refractivity contribution is 0.0399. The molecule has 0 bridgehead atoms. The molecule has 0 spiro atoms. The van der Waals surface area contributed by atoms with Crippen LogP contribution in [0, 0.1) is 35.4 Å². The van der Waals surface area contributed by atoms with Gasteiger partial charge in [-0.1, -0.05) is 6.07 Å². The van der Waals surface area contributed by atoms with Crippen molar-refractivity contribution in [3.63, 3.8) is 0 Å². The zero-order valence-corrected chi connectivity index (χ0v) is 20.4. The number of hydrogen-bond acceptors (Lipinski definition) is 6. The number of piperidine rings is 1. The molecule has 0 saturated carbocycles. The molecule has 0 aliphatic carbocycles. The van der Waals surface area contributed by atoms with Crippen molar-refractivity contribution < 1.29 is 13.9 Å². The molecule has 0 unspecified atom stereocenters. The molecular formula is C26H30FN5O2. The van der Waals surface area contributed by atoms with Crippen LogP contribution in [0.15, 0.2) is 24.3 Å². The lowest BCUT2D eigenvalue weighted by Gasteiger charge is -2.44. The number of pyridine rings is 1. The van der Waals surface area contributed by atoms with Gasteiger partial charge in [-0.25, -0.2) is 14.2 Å². The van der Waals surface area contributed by atoms with Gasteiger partial charge in [-0.3, -0.25) is 0 Å². The number of nitriles is 2. The molecule has 3 rings (SSSR count). The van der Waals surface area contributed by atoms with Crippen LogP contribution >= 0.6 is 0 Å². The normalized spacial score (nSPS) is 14.3. The molecule has 0 atom stereocenters. The van der Waals surface area contributed by atoms with Gasteiger partial charge in [0.05, 0.1) is 12.2 Å². The zero-order chi connectivity index (χ0) is 25.0. The number of ether oxygens (including phenoxy) is 1. The predicted molar refractivity (Wildman–Crippen MR) is 128 cm³/mol. The van der Waals surface area contributed by atoms with E-state index >= 15 is 0 Å². The summed E-state index contributed by atoms with van der Waals surface area (Å²) in [5.74, 6) is -0.0684. The van der Waals surface area contributed by atoms with E-state index in [-0.39, 0.29) is 23.2 Å². The Balaban J connectivity index is 1.91. The van der Waals surface area contributed by atoms with Crippen LogP contribution in [0.4, 0.5) is 15.0 Å². The molecule has 1 aliphatic heterocycles. The molecule has 1 aromatic heterocycles. The summed E-state index contributed by atoms with van der Waals surface area (Å²) in [6.07, 6.45) is 1.10. The van der Waals surface area contributed by atoms with E-state index in [0.29, 0.717) is 60.7 Å². The van der Waals surface area contributed by atoms with Gasteiger partial charge in [-0.15, -0.1) is 0 Å². The minimum absolute atomic E-state index is 0.0118. The number of halogens is 1. The van der Waals surface area contributed by atoms with Gasteiger partial charge in [0.2, 0.25) is 0 Å². The van der Waals surface area contributed by atoms with Gasteiger partial charge in [0.1, 0.15) is 29.3 Å². The van der Waals surface area contributed by atoms with Crippen LogP contribution in [0.3, 0.4) is 0 Å². The van der Waals surface area contributed by atoms with Gasteiger partial charge < -0.3 is 14.5 Å². The predicted octanol–water partition coefficient (Wildman–Crippen LogP) is 5.17. The van der Waals surface area contributed by atoms with Gasteiger partial charge in [-0.2, -0.15) is 10.5 Å². The standard InChI is InChI=1S/C26H30FN5O2/c1-6-34-25(33)32(26(3,4)5)20-9-11-31(12-10-20)24-22(16-29)21(13-17(2)30-24)18-7-8-19(15-28)23(27)14-18/h7-8,13-14,20H,6,9-12H2,1-5H3. The minimum Gasteiger partial charge on any atom is -0.450 e. The smallest absolute Gasteiger partial charge is 0.410 e. The van der Waals surface area contributed by atoms with E-state index in [1.165, 1.54) is 12.1 Å². The van der Waals surface area contributed by atoms with E-state index < -0.39 is 5.82 Å². The number of aromatic nitrogens is 1. The quantitative estimate of drug-likeness (QED) is 0.621. The fourth-order valence-corrected chi connectivity index (χ4v) is 4.50. The first-order chi connectivity index (χ1) is 16.1.